The lowest BCUT2D eigenvalue weighted by atomic mass is 10.1. The molecule has 0 unspecified atom stereocenters. The van der Waals surface area contributed by atoms with Crippen LogP contribution in [0.15, 0.2) is 88.5 Å². The van der Waals surface area contributed by atoms with Crippen molar-refractivity contribution in [2.24, 2.45) is 0 Å². The highest BCUT2D eigenvalue weighted by Crippen LogP contribution is 2.27. The van der Waals surface area contributed by atoms with Crippen LogP contribution in [0.1, 0.15) is 21.0 Å². The first-order valence-electron chi connectivity index (χ1n) is 11.8. The fourth-order valence-electron chi connectivity index (χ4n) is 3.96. The maximum absolute atomic E-state index is 11.8. The van der Waals surface area contributed by atoms with Crippen LogP contribution in [0, 0.1) is 3.70 Å². The highest BCUT2D eigenvalue weighted by Gasteiger charge is 2.17. The van der Waals surface area contributed by atoms with Gasteiger partial charge >= 0.3 is 11.9 Å². The highest BCUT2D eigenvalue weighted by molar-refractivity contribution is 14.1. The molecule has 0 saturated carbocycles. The lowest BCUT2D eigenvalue weighted by molar-refractivity contribution is 0.0585. The monoisotopic (exact) mass is 788 g/mol. The molecule has 4 heterocycles. The molecule has 13 heteroatoms. The first-order valence-corrected chi connectivity index (χ1v) is 14.5. The van der Waals surface area contributed by atoms with E-state index in [0.29, 0.717) is 22.7 Å². The van der Waals surface area contributed by atoms with Gasteiger partial charge in [-0.15, -0.1) is 0 Å². The molecule has 2 aromatic carbocycles. The van der Waals surface area contributed by atoms with E-state index in [1.807, 2.05) is 52.9 Å². The standard InChI is InChI=1S/C14H9BrIN3O2.C14H10BrN3O2/c1-21-14(20)10-7-19-11(16)6-17-13(19)12(18-10)8-3-2-4-9(15)5-8;1-20-14(19)11-8-18-6-5-16-13(18)12(17-11)9-3-2-4-10(15)7-9/h2-7H,1H3;2-8H,1H3. The maximum Gasteiger partial charge on any atom is 0.358 e. The summed E-state index contributed by atoms with van der Waals surface area (Å²) in [6.45, 7) is 0. The van der Waals surface area contributed by atoms with Gasteiger partial charge in [-0.2, -0.15) is 0 Å². The maximum atomic E-state index is 11.8. The predicted octanol–water partition coefficient (Wildman–Crippen LogP) is 6.50. The minimum absolute atomic E-state index is 0.243. The number of methoxy groups -OCH3 is 2. The number of hydrogen-bond acceptors (Lipinski definition) is 8. The van der Waals surface area contributed by atoms with Crippen LogP contribution in [0.25, 0.3) is 33.8 Å². The average Bonchev–Trinajstić information content (AvgIpc) is 3.62. The molecule has 6 rings (SSSR count). The van der Waals surface area contributed by atoms with E-state index in [4.69, 9.17) is 9.47 Å². The molecular weight excluding hydrogens is 771 g/mol. The number of hydrogen-bond donors (Lipinski definition) is 0. The third-order valence-electron chi connectivity index (χ3n) is 5.81. The third-order valence-corrected chi connectivity index (χ3v) is 7.59. The number of carbonyl (C=O) groups is 2. The smallest absolute Gasteiger partial charge is 0.358 e. The third kappa shape index (κ3) is 6.16. The first kappa shape index (κ1) is 28.8. The Labute approximate surface area is 264 Å². The van der Waals surface area contributed by atoms with E-state index in [-0.39, 0.29) is 11.4 Å². The van der Waals surface area contributed by atoms with E-state index in [0.717, 1.165) is 23.8 Å². The highest BCUT2D eigenvalue weighted by atomic mass is 127. The van der Waals surface area contributed by atoms with Crippen LogP contribution < -0.4 is 0 Å². The van der Waals surface area contributed by atoms with Crippen LogP contribution in [0.4, 0.5) is 0 Å². The van der Waals surface area contributed by atoms with E-state index in [1.165, 1.54) is 14.2 Å². The van der Waals surface area contributed by atoms with Gasteiger partial charge in [-0.3, -0.25) is 4.40 Å². The van der Waals surface area contributed by atoms with Crippen molar-refractivity contribution in [2.75, 3.05) is 14.2 Å². The Bertz CT molecular complexity index is 1920. The zero-order valence-corrected chi connectivity index (χ0v) is 26.8. The van der Waals surface area contributed by atoms with Gasteiger partial charge in [0.25, 0.3) is 0 Å². The number of fused-ring (bicyclic) bond motifs is 2. The van der Waals surface area contributed by atoms with Crippen LogP contribution in [0.2, 0.25) is 0 Å². The zero-order valence-electron chi connectivity index (χ0n) is 21.5. The SMILES string of the molecule is COC(=O)c1cn2c(I)cnc2c(-c2cccc(Br)c2)n1.COC(=O)c1cn2ccnc2c(-c2cccc(Br)c2)n1. The summed E-state index contributed by atoms with van der Waals surface area (Å²) in [5.74, 6) is -0.950. The number of benzene rings is 2. The van der Waals surface area contributed by atoms with Crippen LogP contribution in [0.5, 0.6) is 0 Å². The molecule has 0 fully saturated rings. The van der Waals surface area contributed by atoms with Crippen molar-refractivity contribution < 1.29 is 19.1 Å². The summed E-state index contributed by atoms with van der Waals surface area (Å²) in [5.41, 5.74) is 4.91. The van der Waals surface area contributed by atoms with Crippen LogP contribution in [-0.4, -0.2) is 54.9 Å². The molecule has 0 aliphatic rings. The molecule has 41 heavy (non-hydrogen) atoms. The normalized spacial score (nSPS) is 10.8. The number of aromatic nitrogens is 6. The Balaban J connectivity index is 0.000000165. The fraction of sp³-hybridized carbons (Fsp3) is 0.0714. The Morgan fingerprint density at radius 3 is 1.93 bits per heavy atom. The Kier molecular flexibility index (Phi) is 8.75. The summed E-state index contributed by atoms with van der Waals surface area (Å²) in [5, 5.41) is 0. The van der Waals surface area contributed by atoms with Crippen molar-refractivity contribution in [2.45, 2.75) is 0 Å². The minimum atomic E-state index is -0.475. The number of imidazole rings is 2. The van der Waals surface area contributed by atoms with Crippen molar-refractivity contribution in [3.63, 3.8) is 0 Å². The van der Waals surface area contributed by atoms with Crippen LogP contribution in [-0.2, 0) is 9.47 Å². The van der Waals surface area contributed by atoms with Crippen molar-refractivity contribution in [3.05, 3.63) is 104 Å². The zero-order chi connectivity index (χ0) is 29.1. The van der Waals surface area contributed by atoms with E-state index >= 15 is 0 Å². The van der Waals surface area contributed by atoms with Gasteiger partial charge in [0.15, 0.2) is 22.7 Å². The molecule has 6 aromatic rings. The number of rotatable bonds is 4. The lowest BCUT2D eigenvalue weighted by Crippen LogP contribution is -2.08. The summed E-state index contributed by atoms with van der Waals surface area (Å²) >= 11 is 9.03. The topological polar surface area (TPSA) is 113 Å². The van der Waals surface area contributed by atoms with Gasteiger partial charge in [0.05, 0.1) is 20.4 Å². The van der Waals surface area contributed by atoms with Gasteiger partial charge < -0.3 is 13.9 Å². The van der Waals surface area contributed by atoms with E-state index in [1.54, 1.807) is 35.4 Å². The molecule has 0 amide bonds. The largest absolute Gasteiger partial charge is 0.464 e. The summed E-state index contributed by atoms with van der Waals surface area (Å²) in [7, 11) is 2.67. The molecule has 4 aromatic heterocycles. The summed E-state index contributed by atoms with van der Waals surface area (Å²) in [6.07, 6.45) is 8.41. The number of esters is 2. The van der Waals surface area contributed by atoms with Gasteiger partial charge in [-0.1, -0.05) is 56.1 Å². The van der Waals surface area contributed by atoms with Crippen molar-refractivity contribution in [1.82, 2.24) is 28.7 Å². The summed E-state index contributed by atoms with van der Waals surface area (Å²) in [6, 6.07) is 15.4. The molecule has 0 aliphatic heterocycles. The first-order chi connectivity index (χ1) is 19.8. The molecular formula is C28H19Br2IN6O4. The number of halogens is 3. The molecule has 0 aliphatic carbocycles. The van der Waals surface area contributed by atoms with Gasteiger partial charge in [-0.25, -0.2) is 29.5 Å². The van der Waals surface area contributed by atoms with Gasteiger partial charge in [-0.05, 0) is 46.9 Å². The second-order valence-corrected chi connectivity index (χ2v) is 11.3. The fourth-order valence-corrected chi connectivity index (χ4v) is 5.26. The summed E-state index contributed by atoms with van der Waals surface area (Å²) < 4.78 is 15.9. The second-order valence-electron chi connectivity index (χ2n) is 8.39. The van der Waals surface area contributed by atoms with Crippen LogP contribution >= 0.6 is 54.5 Å². The van der Waals surface area contributed by atoms with Crippen molar-refractivity contribution in [1.29, 1.82) is 0 Å². The molecule has 10 nitrogen and oxygen atoms in total. The van der Waals surface area contributed by atoms with Gasteiger partial charge in [0.1, 0.15) is 15.1 Å². The van der Waals surface area contributed by atoms with Crippen LogP contribution in [0.3, 0.4) is 0 Å². The Morgan fingerprint density at radius 2 is 1.37 bits per heavy atom. The Morgan fingerprint density at radius 1 is 0.805 bits per heavy atom. The quantitative estimate of drug-likeness (QED) is 0.147. The number of ether oxygens (including phenoxy) is 2. The number of nitrogens with zero attached hydrogens (tertiary/aromatic N) is 6. The van der Waals surface area contributed by atoms with Crippen molar-refractivity contribution in [3.8, 4) is 22.5 Å². The molecule has 206 valence electrons. The van der Waals surface area contributed by atoms with E-state index in [9.17, 15) is 9.59 Å². The molecule has 0 N–H and O–H groups in total. The molecule has 0 atom stereocenters. The minimum Gasteiger partial charge on any atom is -0.464 e. The molecule has 0 radical (unpaired) electrons. The van der Waals surface area contributed by atoms with E-state index in [2.05, 4.69) is 74.4 Å². The molecule has 0 spiro atoms. The van der Waals surface area contributed by atoms with Crippen molar-refractivity contribution >= 4 is 77.7 Å². The number of carbonyl (C=O) groups excluding carboxylic acids is 2. The van der Waals surface area contributed by atoms with E-state index < -0.39 is 11.9 Å². The van der Waals surface area contributed by atoms with Gasteiger partial charge in [0, 0.05) is 44.9 Å². The Hall–Kier alpha value is -3.69. The van der Waals surface area contributed by atoms with Gasteiger partial charge in [0.2, 0.25) is 0 Å². The average molecular weight is 790 g/mol. The predicted molar refractivity (Wildman–Crippen MR) is 168 cm³/mol. The summed E-state index contributed by atoms with van der Waals surface area (Å²) in [4.78, 5) is 41.0. The molecule has 0 bridgehead atoms. The second kappa shape index (κ2) is 12.4. The molecule has 0 saturated heterocycles. The lowest BCUT2D eigenvalue weighted by Gasteiger charge is -2.07.